The summed E-state index contributed by atoms with van der Waals surface area (Å²) in [7, 11) is -2.94. The maximum Gasteiger partial charge on any atom is 0.459 e. The summed E-state index contributed by atoms with van der Waals surface area (Å²) in [6.07, 6.45) is -3.50. The zero-order valence-electron chi connectivity index (χ0n) is 25.2. The van der Waals surface area contributed by atoms with Crippen LogP contribution in [0.3, 0.4) is 0 Å². The Kier molecular flexibility index (Phi) is 11.8. The van der Waals surface area contributed by atoms with Crippen molar-refractivity contribution < 1.29 is 42.9 Å². The molecular formula is C28H41N6O9P. The number of hydrogen-bond acceptors (Lipinski definition) is 11. The second kappa shape index (κ2) is 14.9. The van der Waals surface area contributed by atoms with E-state index >= 15 is 0 Å². The Morgan fingerprint density at radius 2 is 1.84 bits per heavy atom. The third kappa shape index (κ3) is 7.37. The molecule has 1 aromatic heterocycles. The summed E-state index contributed by atoms with van der Waals surface area (Å²) in [4.78, 5) is 29.5. The first kappa shape index (κ1) is 34.9. The number of aliphatic hydroxyl groups excluding tert-OH is 2. The second-order valence-corrected chi connectivity index (χ2v) is 11.9. The SMILES string of the molecule is C=Nn1c(C(N)=NC)ccc1[C@]1(C(N)=O)O[C@H](COP(=O)(N[C@@H](C)C(=O)OCC(CC)CC)Oc2ccccc2)[C@@H](O)[C@H]1O. The van der Waals surface area contributed by atoms with Gasteiger partial charge in [0.15, 0.2) is 0 Å². The smallest absolute Gasteiger partial charge is 0.459 e. The molecule has 1 aliphatic heterocycles. The molecular weight excluding hydrogens is 595 g/mol. The van der Waals surface area contributed by atoms with Gasteiger partial charge in [0, 0.05) is 13.8 Å². The highest BCUT2D eigenvalue weighted by atomic mass is 31.2. The van der Waals surface area contributed by atoms with Gasteiger partial charge in [0.1, 0.15) is 41.6 Å². The summed E-state index contributed by atoms with van der Waals surface area (Å²) in [6, 6.07) is 9.74. The van der Waals surface area contributed by atoms with Gasteiger partial charge in [0.25, 0.3) is 5.91 Å². The van der Waals surface area contributed by atoms with Crippen LogP contribution in [0.1, 0.15) is 45.0 Å². The van der Waals surface area contributed by atoms with Crippen LogP contribution in [0, 0.1) is 5.92 Å². The van der Waals surface area contributed by atoms with Crippen LogP contribution < -0.4 is 21.1 Å². The van der Waals surface area contributed by atoms with Crippen LogP contribution in [0.4, 0.5) is 0 Å². The Balaban J connectivity index is 1.87. The topological polar surface area (TPSA) is 222 Å². The van der Waals surface area contributed by atoms with Crippen LogP contribution in [0.25, 0.3) is 0 Å². The van der Waals surface area contributed by atoms with E-state index in [1.165, 1.54) is 38.2 Å². The van der Waals surface area contributed by atoms with Gasteiger partial charge in [0.05, 0.1) is 18.9 Å². The zero-order valence-corrected chi connectivity index (χ0v) is 26.1. The minimum atomic E-state index is -4.38. The average molecular weight is 637 g/mol. The van der Waals surface area contributed by atoms with E-state index < -0.39 is 56.2 Å². The predicted octanol–water partition coefficient (Wildman–Crippen LogP) is 1.25. The maximum absolute atomic E-state index is 14.0. The van der Waals surface area contributed by atoms with E-state index in [0.29, 0.717) is 0 Å². The lowest BCUT2D eigenvalue weighted by Gasteiger charge is -2.29. The first-order chi connectivity index (χ1) is 20.9. The quantitative estimate of drug-likeness (QED) is 0.0763. The Morgan fingerprint density at radius 1 is 1.18 bits per heavy atom. The van der Waals surface area contributed by atoms with Gasteiger partial charge in [-0.15, -0.1) is 0 Å². The molecule has 2 heterocycles. The van der Waals surface area contributed by atoms with Crippen LogP contribution in [0.15, 0.2) is 52.6 Å². The van der Waals surface area contributed by atoms with Gasteiger partial charge in [-0.25, -0.2) is 9.24 Å². The number of carbonyl (C=O) groups is 2. The first-order valence-electron chi connectivity index (χ1n) is 14.1. The lowest BCUT2D eigenvalue weighted by atomic mass is 9.90. The Morgan fingerprint density at radius 3 is 2.41 bits per heavy atom. The Labute approximate surface area is 255 Å². The van der Waals surface area contributed by atoms with E-state index in [2.05, 4.69) is 21.9 Å². The lowest BCUT2D eigenvalue weighted by Crippen LogP contribution is -2.51. The van der Waals surface area contributed by atoms with Crippen molar-refractivity contribution >= 4 is 32.2 Å². The number of aliphatic hydroxyl groups is 2. The molecule has 0 bridgehead atoms. The van der Waals surface area contributed by atoms with Crippen molar-refractivity contribution in [1.29, 1.82) is 0 Å². The van der Waals surface area contributed by atoms with Gasteiger partial charge in [-0.05, 0) is 37.1 Å². The zero-order chi connectivity index (χ0) is 32.7. The van der Waals surface area contributed by atoms with Crippen molar-refractivity contribution in [2.24, 2.45) is 27.5 Å². The minimum absolute atomic E-state index is 0.0359. The predicted molar refractivity (Wildman–Crippen MR) is 162 cm³/mol. The molecule has 3 rings (SSSR count). The molecule has 16 heteroatoms. The van der Waals surface area contributed by atoms with Gasteiger partial charge in [0.2, 0.25) is 5.60 Å². The normalized spacial score (nSPS) is 24.1. The van der Waals surface area contributed by atoms with Crippen molar-refractivity contribution in [3.63, 3.8) is 0 Å². The summed E-state index contributed by atoms with van der Waals surface area (Å²) in [5, 5.41) is 28.5. The molecule has 1 aliphatic rings. The molecule has 7 N–H and O–H groups in total. The molecule has 1 unspecified atom stereocenters. The van der Waals surface area contributed by atoms with Crippen LogP contribution in [0.2, 0.25) is 0 Å². The number of aliphatic imine (C=N–C) groups is 1. The van der Waals surface area contributed by atoms with E-state index in [0.717, 1.165) is 17.5 Å². The highest BCUT2D eigenvalue weighted by Gasteiger charge is 2.61. The monoisotopic (exact) mass is 636 g/mol. The summed E-state index contributed by atoms with van der Waals surface area (Å²) in [5.74, 6) is -1.48. The number of hydrogen-bond donors (Lipinski definition) is 5. The fraction of sp³-hybridized carbons (Fsp3) is 0.500. The number of aromatic nitrogens is 1. The van der Waals surface area contributed by atoms with E-state index in [4.69, 9.17) is 30.0 Å². The number of nitrogens with zero attached hydrogens (tertiary/aromatic N) is 3. The number of amidine groups is 1. The van der Waals surface area contributed by atoms with Gasteiger partial charge >= 0.3 is 13.7 Å². The number of nitrogens with one attached hydrogen (secondary N) is 1. The molecule has 0 spiro atoms. The number of nitrogens with two attached hydrogens (primary N) is 2. The molecule has 6 atom stereocenters. The standard InChI is InChI=1S/C28H41N6O9P/c1-6-18(7-2)15-40-26(37)17(3)33-44(39,43-19-11-9-8-10-12-19)41-16-21-23(35)24(36)28(42-21,27(30)38)22-14-13-20(25(29)31-4)34(22)32-5/h8-14,17-18,21,23-24,35-36H,5-7,15-16H2,1-4H3,(H2,29,31)(H2,30,38)(H,33,39)/t17-,21+,23+,24+,28-,44?/m0/s1. The molecule has 2 aromatic rings. The minimum Gasteiger partial charge on any atom is -0.464 e. The molecule has 0 saturated carbocycles. The molecule has 242 valence electrons. The number of amides is 1. The van der Waals surface area contributed by atoms with Gasteiger partial charge < -0.3 is 35.7 Å². The molecule has 1 amide bonds. The third-order valence-corrected chi connectivity index (χ3v) is 9.05. The summed E-state index contributed by atoms with van der Waals surface area (Å²) in [5.41, 5.74) is 9.43. The van der Waals surface area contributed by atoms with Gasteiger partial charge in [-0.3, -0.25) is 19.1 Å². The number of para-hydroxylation sites is 1. The van der Waals surface area contributed by atoms with Crippen molar-refractivity contribution in [2.75, 3.05) is 20.3 Å². The highest BCUT2D eigenvalue weighted by Crippen LogP contribution is 2.47. The lowest BCUT2D eigenvalue weighted by molar-refractivity contribution is -0.155. The third-order valence-electron chi connectivity index (χ3n) is 7.40. The molecule has 1 aromatic carbocycles. The molecule has 15 nitrogen and oxygen atoms in total. The van der Waals surface area contributed by atoms with Gasteiger partial charge in [-0.2, -0.15) is 10.2 Å². The van der Waals surface area contributed by atoms with E-state index in [-0.39, 0.29) is 35.5 Å². The van der Waals surface area contributed by atoms with Crippen LogP contribution in [-0.4, -0.2) is 83.9 Å². The number of ether oxygens (including phenoxy) is 2. The number of primary amides is 1. The van der Waals surface area contributed by atoms with Crippen molar-refractivity contribution in [2.45, 2.75) is 63.6 Å². The fourth-order valence-electron chi connectivity index (χ4n) is 4.69. The van der Waals surface area contributed by atoms with Crippen molar-refractivity contribution in [3.05, 3.63) is 53.9 Å². The summed E-state index contributed by atoms with van der Waals surface area (Å²) in [6.45, 7) is 8.40. The van der Waals surface area contributed by atoms with Crippen molar-refractivity contribution in [3.8, 4) is 5.75 Å². The fourth-order valence-corrected chi connectivity index (χ4v) is 6.19. The van der Waals surface area contributed by atoms with Crippen molar-refractivity contribution in [1.82, 2.24) is 9.76 Å². The van der Waals surface area contributed by atoms with Crippen LogP contribution in [0.5, 0.6) is 5.75 Å². The molecule has 0 aliphatic carbocycles. The number of esters is 1. The molecule has 1 saturated heterocycles. The molecule has 0 radical (unpaired) electrons. The Hall–Kier alpha value is -3.59. The summed E-state index contributed by atoms with van der Waals surface area (Å²) < 4.78 is 37.6. The Bertz CT molecular complexity index is 1380. The van der Waals surface area contributed by atoms with E-state index in [1.54, 1.807) is 18.2 Å². The van der Waals surface area contributed by atoms with Gasteiger partial charge in [-0.1, -0.05) is 44.9 Å². The largest absolute Gasteiger partial charge is 0.464 e. The van der Waals surface area contributed by atoms with Crippen LogP contribution >= 0.6 is 7.75 Å². The number of carbonyl (C=O) groups excluding carboxylic acids is 2. The van der Waals surface area contributed by atoms with E-state index in [9.17, 15) is 24.4 Å². The average Bonchev–Trinajstić information content (AvgIpc) is 3.55. The summed E-state index contributed by atoms with van der Waals surface area (Å²) >= 11 is 0. The van der Waals surface area contributed by atoms with E-state index in [1.807, 2.05) is 13.8 Å². The number of rotatable bonds is 16. The van der Waals surface area contributed by atoms with Crippen LogP contribution in [-0.2, 0) is 33.8 Å². The maximum atomic E-state index is 14.0. The number of benzene rings is 1. The molecule has 1 fully saturated rings. The first-order valence-corrected chi connectivity index (χ1v) is 15.6. The highest BCUT2D eigenvalue weighted by molar-refractivity contribution is 7.52. The molecule has 44 heavy (non-hydrogen) atoms. The second-order valence-electron chi connectivity index (χ2n) is 10.2.